The van der Waals surface area contributed by atoms with E-state index in [1.807, 2.05) is 0 Å². The minimum absolute atomic E-state index is 0.246. The summed E-state index contributed by atoms with van der Waals surface area (Å²) in [5, 5.41) is 26.4. The van der Waals surface area contributed by atoms with Gasteiger partial charge in [-0.2, -0.15) is 0 Å². The lowest BCUT2D eigenvalue weighted by Gasteiger charge is -2.22. The van der Waals surface area contributed by atoms with Gasteiger partial charge in [-0.05, 0) is 135 Å². The minimum atomic E-state index is 0.246. The monoisotopic (exact) mass is 666 g/mol. The van der Waals surface area contributed by atoms with Gasteiger partial charge in [-0.1, -0.05) is 0 Å². The number of aliphatic hydroxyl groups is 3. The van der Waals surface area contributed by atoms with E-state index in [1.165, 1.54) is 0 Å². The predicted octanol–water partition coefficient (Wildman–Crippen LogP) is 5.39. The molecule has 0 aromatic carbocycles. The Bertz CT molecular complexity index is 462. The Balaban J connectivity index is 3.91. The van der Waals surface area contributed by atoms with Crippen LogP contribution in [0.4, 0.5) is 0 Å². The van der Waals surface area contributed by atoms with Crippen LogP contribution in [0.15, 0.2) is 0 Å². The average Bonchev–Trinajstić information content (AvgIpc) is 3.07. The zero-order valence-electron chi connectivity index (χ0n) is 29.7. The van der Waals surface area contributed by atoms with Crippen LogP contribution in [-0.2, 0) is 28.4 Å². The van der Waals surface area contributed by atoms with Crippen LogP contribution >= 0.6 is 0 Å². The van der Waals surface area contributed by atoms with E-state index in [1.54, 1.807) is 0 Å². The smallest absolute Gasteiger partial charge is 0.0466 e. The third kappa shape index (κ3) is 39.8. The van der Waals surface area contributed by atoms with Crippen molar-refractivity contribution in [1.82, 2.24) is 4.90 Å². The molecule has 0 fully saturated rings. The molecular weight excluding hydrogens is 590 g/mol. The van der Waals surface area contributed by atoms with Crippen LogP contribution < -0.4 is 0 Å². The maximum atomic E-state index is 8.79. The zero-order valence-corrected chi connectivity index (χ0v) is 29.7. The van der Waals surface area contributed by atoms with Gasteiger partial charge in [-0.25, -0.2) is 0 Å². The van der Waals surface area contributed by atoms with Gasteiger partial charge in [-0.15, -0.1) is 0 Å². The molecular formula is C36H75NO9. The van der Waals surface area contributed by atoms with E-state index in [9.17, 15) is 0 Å². The maximum absolute atomic E-state index is 8.79. The molecule has 10 heteroatoms. The predicted molar refractivity (Wildman–Crippen MR) is 186 cm³/mol. The molecule has 0 rings (SSSR count). The molecule has 0 aliphatic heterocycles. The lowest BCUT2D eigenvalue weighted by molar-refractivity contribution is 0.0930. The van der Waals surface area contributed by atoms with Gasteiger partial charge >= 0.3 is 0 Å². The van der Waals surface area contributed by atoms with Gasteiger partial charge in [0, 0.05) is 99.1 Å². The van der Waals surface area contributed by atoms with E-state index in [0.29, 0.717) is 0 Å². The van der Waals surface area contributed by atoms with E-state index in [0.717, 1.165) is 214 Å². The fourth-order valence-corrected chi connectivity index (χ4v) is 4.74. The first-order chi connectivity index (χ1) is 22.8. The molecule has 0 unspecified atom stereocenters. The molecule has 0 spiro atoms. The van der Waals surface area contributed by atoms with Gasteiger partial charge in [-0.3, -0.25) is 0 Å². The van der Waals surface area contributed by atoms with E-state index >= 15 is 0 Å². The minimum Gasteiger partial charge on any atom is -0.396 e. The van der Waals surface area contributed by atoms with Crippen LogP contribution in [-0.4, -0.2) is 139 Å². The first kappa shape index (κ1) is 45.6. The van der Waals surface area contributed by atoms with Crippen molar-refractivity contribution in [3.05, 3.63) is 0 Å². The van der Waals surface area contributed by atoms with E-state index in [4.69, 9.17) is 43.7 Å². The van der Waals surface area contributed by atoms with Crippen molar-refractivity contribution in [2.45, 2.75) is 116 Å². The summed E-state index contributed by atoms with van der Waals surface area (Å²) in [6.07, 6.45) is 18.2. The normalized spacial score (nSPS) is 11.7. The Morgan fingerprint density at radius 3 is 0.609 bits per heavy atom. The van der Waals surface area contributed by atoms with Crippen LogP contribution in [0.2, 0.25) is 0 Å². The Morgan fingerprint density at radius 2 is 0.413 bits per heavy atom. The van der Waals surface area contributed by atoms with Crippen LogP contribution in [0.1, 0.15) is 116 Å². The summed E-state index contributed by atoms with van der Waals surface area (Å²) in [5.74, 6) is 0. The van der Waals surface area contributed by atoms with Crippen LogP contribution in [0.3, 0.4) is 0 Å². The Kier molecular flexibility index (Phi) is 42.3. The van der Waals surface area contributed by atoms with Crippen molar-refractivity contribution >= 4 is 0 Å². The van der Waals surface area contributed by atoms with Gasteiger partial charge in [0.05, 0.1) is 0 Å². The van der Waals surface area contributed by atoms with Crippen molar-refractivity contribution in [2.75, 3.05) is 119 Å². The highest BCUT2D eigenvalue weighted by Crippen LogP contribution is 2.05. The molecule has 0 aliphatic carbocycles. The highest BCUT2D eigenvalue weighted by molar-refractivity contribution is 4.60. The van der Waals surface area contributed by atoms with Crippen molar-refractivity contribution in [1.29, 1.82) is 0 Å². The highest BCUT2D eigenvalue weighted by atomic mass is 16.5. The molecule has 0 aromatic heterocycles. The average molecular weight is 666 g/mol. The lowest BCUT2D eigenvalue weighted by atomic mass is 10.2. The second-order valence-electron chi connectivity index (χ2n) is 12.1. The van der Waals surface area contributed by atoms with Crippen molar-refractivity contribution in [2.24, 2.45) is 0 Å². The third-order valence-corrected chi connectivity index (χ3v) is 7.61. The van der Waals surface area contributed by atoms with Crippen LogP contribution in [0.5, 0.6) is 0 Å². The van der Waals surface area contributed by atoms with Gasteiger partial charge in [0.15, 0.2) is 0 Å². The van der Waals surface area contributed by atoms with Crippen molar-refractivity contribution in [3.63, 3.8) is 0 Å². The molecule has 0 bridgehead atoms. The van der Waals surface area contributed by atoms with Crippen molar-refractivity contribution < 1.29 is 43.7 Å². The Morgan fingerprint density at radius 1 is 0.239 bits per heavy atom. The molecule has 0 atom stereocenters. The number of ether oxygens (including phenoxy) is 6. The van der Waals surface area contributed by atoms with Crippen LogP contribution in [0.25, 0.3) is 0 Å². The number of hydrogen-bond acceptors (Lipinski definition) is 10. The first-order valence-corrected chi connectivity index (χ1v) is 18.9. The summed E-state index contributed by atoms with van der Waals surface area (Å²) < 4.78 is 34.3. The summed E-state index contributed by atoms with van der Waals surface area (Å²) in [4.78, 5) is 2.61. The first-order valence-electron chi connectivity index (χ1n) is 18.9. The highest BCUT2D eigenvalue weighted by Gasteiger charge is 2.05. The quantitative estimate of drug-likeness (QED) is 0.0733. The third-order valence-electron chi connectivity index (χ3n) is 7.61. The molecule has 0 saturated heterocycles. The zero-order chi connectivity index (χ0) is 33.3. The van der Waals surface area contributed by atoms with E-state index in [-0.39, 0.29) is 19.8 Å². The summed E-state index contributed by atoms with van der Waals surface area (Å²) in [7, 11) is 0. The summed E-state index contributed by atoms with van der Waals surface area (Å²) in [5.41, 5.74) is 0. The molecule has 0 saturated carbocycles. The Hall–Kier alpha value is -0.400. The molecule has 0 radical (unpaired) electrons. The van der Waals surface area contributed by atoms with Gasteiger partial charge in [0.25, 0.3) is 0 Å². The maximum Gasteiger partial charge on any atom is 0.0466 e. The number of nitrogens with zero attached hydrogens (tertiary/aromatic N) is 1. The fourth-order valence-electron chi connectivity index (χ4n) is 4.74. The number of unbranched alkanes of at least 4 members (excludes halogenated alkanes) is 9. The molecule has 0 aliphatic rings. The fraction of sp³-hybridized carbons (Fsp3) is 1.00. The van der Waals surface area contributed by atoms with Crippen molar-refractivity contribution in [3.8, 4) is 0 Å². The molecule has 3 N–H and O–H groups in total. The Labute approximate surface area is 282 Å². The molecule has 0 heterocycles. The van der Waals surface area contributed by atoms with Gasteiger partial charge < -0.3 is 48.6 Å². The number of rotatable bonds is 42. The molecule has 46 heavy (non-hydrogen) atoms. The van der Waals surface area contributed by atoms with E-state index < -0.39 is 0 Å². The number of hydrogen-bond donors (Lipinski definition) is 3. The van der Waals surface area contributed by atoms with Crippen LogP contribution in [0, 0.1) is 0 Å². The second-order valence-corrected chi connectivity index (χ2v) is 12.1. The topological polar surface area (TPSA) is 119 Å². The second kappa shape index (κ2) is 42.6. The van der Waals surface area contributed by atoms with Gasteiger partial charge in [0.1, 0.15) is 0 Å². The summed E-state index contributed by atoms with van der Waals surface area (Å²) in [6.45, 7) is 13.5. The van der Waals surface area contributed by atoms with E-state index in [2.05, 4.69) is 4.90 Å². The standard InChI is InChI=1S/C36H75NO9/c38-22-4-10-28-44-34-16-13-31-41-25-7-1-19-37(20-2-8-26-42-32-14-17-35-45-29-11-5-23-39)21-3-9-27-43-33-15-18-36-46-30-12-6-24-40/h38-40H,1-36H2. The van der Waals surface area contributed by atoms with Gasteiger partial charge in [0.2, 0.25) is 0 Å². The number of aliphatic hydroxyl groups excluding tert-OH is 3. The molecule has 0 aromatic rings. The molecule has 278 valence electrons. The molecule has 10 nitrogen and oxygen atoms in total. The largest absolute Gasteiger partial charge is 0.396 e. The molecule has 0 amide bonds. The lowest BCUT2D eigenvalue weighted by Crippen LogP contribution is -2.28. The summed E-state index contributed by atoms with van der Waals surface area (Å²) in [6, 6.07) is 0. The summed E-state index contributed by atoms with van der Waals surface area (Å²) >= 11 is 0. The SMILES string of the molecule is OCCCCOCCCCOCCCCN(CCCCOCCCCOCCCCO)CCCCOCCCCOCCCCO.